The summed E-state index contributed by atoms with van der Waals surface area (Å²) in [6, 6.07) is 6.55. The molecule has 0 radical (unpaired) electrons. The number of carbonyl (C=O) groups is 1. The van der Waals surface area contributed by atoms with E-state index < -0.39 is 5.60 Å². The van der Waals surface area contributed by atoms with Gasteiger partial charge in [-0.3, -0.25) is 9.80 Å². The summed E-state index contributed by atoms with van der Waals surface area (Å²) < 4.78 is 9.59. The molecule has 1 amide bonds. The molecule has 35 heavy (non-hydrogen) atoms. The lowest BCUT2D eigenvalue weighted by Crippen LogP contribution is -2.48. The van der Waals surface area contributed by atoms with E-state index in [9.17, 15) is 4.79 Å². The molecule has 3 heterocycles. The van der Waals surface area contributed by atoms with Gasteiger partial charge in [0.2, 0.25) is 0 Å². The molecule has 4 rings (SSSR count). The SMILES string of the molecule is Cn1cnc(Cn2cc(CN3CCN(CCNC(=O)OC(C)(C)C)CC3)c3ccc(CN)cc32)c1. The molecule has 190 valence electrons. The van der Waals surface area contributed by atoms with E-state index in [1.54, 1.807) is 0 Å². The van der Waals surface area contributed by atoms with Crippen LogP contribution in [0.25, 0.3) is 10.9 Å². The summed E-state index contributed by atoms with van der Waals surface area (Å²) in [5.41, 5.74) is 10.2. The summed E-state index contributed by atoms with van der Waals surface area (Å²) in [4.78, 5) is 21.3. The van der Waals surface area contributed by atoms with Crippen molar-refractivity contribution in [1.29, 1.82) is 0 Å². The summed E-state index contributed by atoms with van der Waals surface area (Å²) in [6.07, 6.45) is 5.83. The minimum absolute atomic E-state index is 0.351. The maximum Gasteiger partial charge on any atom is 0.407 e. The number of ether oxygens (including phenoxy) is 1. The molecule has 1 aliphatic rings. The van der Waals surface area contributed by atoms with E-state index in [1.807, 2.05) is 38.7 Å². The quantitative estimate of drug-likeness (QED) is 0.514. The Morgan fingerprint density at radius 2 is 1.86 bits per heavy atom. The van der Waals surface area contributed by atoms with E-state index in [2.05, 4.69) is 55.3 Å². The number of fused-ring (bicyclic) bond motifs is 1. The van der Waals surface area contributed by atoms with Crippen molar-refractivity contribution in [3.05, 3.63) is 53.7 Å². The lowest BCUT2D eigenvalue weighted by Gasteiger charge is -2.34. The number of nitrogens with one attached hydrogen (secondary N) is 1. The first-order valence-corrected chi connectivity index (χ1v) is 12.4. The Morgan fingerprint density at radius 1 is 1.11 bits per heavy atom. The Bertz CT molecular complexity index is 1140. The lowest BCUT2D eigenvalue weighted by atomic mass is 10.1. The van der Waals surface area contributed by atoms with Gasteiger partial charge >= 0.3 is 6.09 Å². The van der Waals surface area contributed by atoms with Crippen LogP contribution in [0.2, 0.25) is 0 Å². The van der Waals surface area contributed by atoms with E-state index in [0.717, 1.165) is 57.1 Å². The van der Waals surface area contributed by atoms with Gasteiger partial charge < -0.3 is 24.9 Å². The second-order valence-corrected chi connectivity index (χ2v) is 10.4. The first-order chi connectivity index (χ1) is 16.7. The fourth-order valence-electron chi connectivity index (χ4n) is 4.56. The number of alkyl carbamates (subject to hydrolysis) is 1. The Morgan fingerprint density at radius 3 is 2.51 bits per heavy atom. The number of aryl methyl sites for hydroxylation is 1. The smallest absolute Gasteiger partial charge is 0.407 e. The highest BCUT2D eigenvalue weighted by Crippen LogP contribution is 2.25. The van der Waals surface area contributed by atoms with Gasteiger partial charge in [0.05, 0.1) is 18.6 Å². The number of carbonyl (C=O) groups excluding carboxylic acids is 1. The van der Waals surface area contributed by atoms with Gasteiger partial charge in [-0.1, -0.05) is 12.1 Å². The molecule has 1 fully saturated rings. The summed E-state index contributed by atoms with van der Waals surface area (Å²) in [6.45, 7) is 13.2. The second-order valence-electron chi connectivity index (χ2n) is 10.4. The van der Waals surface area contributed by atoms with Crippen LogP contribution >= 0.6 is 0 Å². The number of rotatable bonds is 8. The standard InChI is InChI=1S/C26H39N7O2/c1-26(2,3)35-25(34)28-7-8-31-9-11-32(12-10-31)15-21-16-33(18-22-17-30(4)19-29-22)24-13-20(14-27)5-6-23(21)24/h5-6,13,16-17,19H,7-12,14-15,18,27H2,1-4H3,(H,28,34). The number of nitrogens with zero attached hydrogens (tertiary/aromatic N) is 5. The molecule has 0 atom stereocenters. The molecular formula is C26H39N7O2. The van der Waals surface area contributed by atoms with Crippen molar-refractivity contribution < 1.29 is 9.53 Å². The molecule has 2 aromatic heterocycles. The predicted molar refractivity (Wildman–Crippen MR) is 138 cm³/mol. The normalized spacial score (nSPS) is 15.6. The molecule has 0 saturated carbocycles. The van der Waals surface area contributed by atoms with Crippen LogP contribution in [0.1, 0.15) is 37.6 Å². The monoisotopic (exact) mass is 481 g/mol. The fourth-order valence-corrected chi connectivity index (χ4v) is 4.56. The molecule has 3 aromatic rings. The molecule has 0 bridgehead atoms. The maximum atomic E-state index is 11.8. The number of hydrogen-bond donors (Lipinski definition) is 2. The van der Waals surface area contributed by atoms with Crippen molar-refractivity contribution in [1.82, 2.24) is 29.2 Å². The molecule has 3 N–H and O–H groups in total. The van der Waals surface area contributed by atoms with E-state index in [-0.39, 0.29) is 6.09 Å². The highest BCUT2D eigenvalue weighted by Gasteiger charge is 2.20. The number of hydrogen-bond acceptors (Lipinski definition) is 6. The van der Waals surface area contributed by atoms with Gasteiger partial charge in [0, 0.05) is 82.7 Å². The largest absolute Gasteiger partial charge is 0.444 e. The highest BCUT2D eigenvalue weighted by molar-refractivity contribution is 5.84. The van der Waals surface area contributed by atoms with E-state index in [4.69, 9.17) is 10.5 Å². The van der Waals surface area contributed by atoms with E-state index >= 15 is 0 Å². The third-order valence-corrected chi connectivity index (χ3v) is 6.31. The number of imidazole rings is 1. The first-order valence-electron chi connectivity index (χ1n) is 12.4. The van der Waals surface area contributed by atoms with E-state index in [0.29, 0.717) is 13.1 Å². The lowest BCUT2D eigenvalue weighted by molar-refractivity contribution is 0.0515. The Balaban J connectivity index is 1.35. The van der Waals surface area contributed by atoms with Gasteiger partial charge in [-0.2, -0.15) is 0 Å². The van der Waals surface area contributed by atoms with Crippen LogP contribution in [0.3, 0.4) is 0 Å². The molecule has 1 aliphatic heterocycles. The number of aromatic nitrogens is 3. The summed E-state index contributed by atoms with van der Waals surface area (Å²) >= 11 is 0. The molecule has 1 saturated heterocycles. The van der Waals surface area contributed by atoms with Gasteiger partial charge in [-0.25, -0.2) is 9.78 Å². The summed E-state index contributed by atoms with van der Waals surface area (Å²) in [7, 11) is 2.00. The molecule has 9 nitrogen and oxygen atoms in total. The number of nitrogens with two attached hydrogens (primary N) is 1. The van der Waals surface area contributed by atoms with Crippen molar-refractivity contribution in [3.8, 4) is 0 Å². The zero-order chi connectivity index (χ0) is 25.0. The van der Waals surface area contributed by atoms with Crippen LogP contribution in [-0.2, 0) is 31.4 Å². The average Bonchev–Trinajstić information content (AvgIpc) is 3.36. The maximum absolute atomic E-state index is 11.8. The minimum Gasteiger partial charge on any atom is -0.444 e. The molecule has 9 heteroatoms. The molecule has 0 spiro atoms. The van der Waals surface area contributed by atoms with Crippen molar-refractivity contribution >= 4 is 17.0 Å². The average molecular weight is 482 g/mol. The zero-order valence-corrected chi connectivity index (χ0v) is 21.5. The second kappa shape index (κ2) is 10.8. The highest BCUT2D eigenvalue weighted by atomic mass is 16.6. The minimum atomic E-state index is -0.470. The van der Waals surface area contributed by atoms with Crippen LogP contribution in [0.5, 0.6) is 0 Å². The van der Waals surface area contributed by atoms with Crippen LogP contribution in [-0.4, -0.2) is 74.9 Å². The van der Waals surface area contributed by atoms with Crippen LogP contribution < -0.4 is 11.1 Å². The van der Waals surface area contributed by atoms with Crippen molar-refractivity contribution in [2.75, 3.05) is 39.3 Å². The Hall–Kier alpha value is -2.88. The predicted octanol–water partition coefficient (Wildman–Crippen LogP) is 2.52. The van der Waals surface area contributed by atoms with Gasteiger partial charge in [0.1, 0.15) is 5.60 Å². The topological polar surface area (TPSA) is 93.6 Å². The molecule has 0 unspecified atom stereocenters. The summed E-state index contributed by atoms with van der Waals surface area (Å²) in [5.74, 6) is 0. The van der Waals surface area contributed by atoms with Gasteiger partial charge in [-0.15, -0.1) is 0 Å². The van der Waals surface area contributed by atoms with Gasteiger partial charge in [0.15, 0.2) is 0 Å². The molecule has 1 aromatic carbocycles. The zero-order valence-electron chi connectivity index (χ0n) is 21.5. The van der Waals surface area contributed by atoms with Crippen LogP contribution in [0, 0.1) is 0 Å². The van der Waals surface area contributed by atoms with Crippen molar-refractivity contribution in [2.24, 2.45) is 12.8 Å². The van der Waals surface area contributed by atoms with Gasteiger partial charge in [-0.05, 0) is 38.0 Å². The van der Waals surface area contributed by atoms with Crippen molar-refractivity contribution in [3.63, 3.8) is 0 Å². The third-order valence-electron chi connectivity index (χ3n) is 6.31. The van der Waals surface area contributed by atoms with Crippen LogP contribution in [0.4, 0.5) is 4.79 Å². The van der Waals surface area contributed by atoms with E-state index in [1.165, 1.54) is 16.5 Å². The summed E-state index contributed by atoms with van der Waals surface area (Å²) in [5, 5.41) is 4.14. The molecule has 0 aliphatic carbocycles. The first kappa shape index (κ1) is 25.2. The number of piperazine rings is 1. The Kier molecular flexibility index (Phi) is 7.78. The fraction of sp³-hybridized carbons (Fsp3) is 0.538. The number of amides is 1. The van der Waals surface area contributed by atoms with Crippen LogP contribution in [0.15, 0.2) is 36.9 Å². The van der Waals surface area contributed by atoms with Crippen molar-refractivity contribution in [2.45, 2.75) is 46.0 Å². The Labute approximate surface area is 207 Å². The van der Waals surface area contributed by atoms with Gasteiger partial charge in [0.25, 0.3) is 0 Å². The third kappa shape index (κ3) is 6.84. The number of benzene rings is 1. The molecular weight excluding hydrogens is 442 g/mol.